The normalized spacial score (nSPS) is 16.2. The van der Waals surface area contributed by atoms with E-state index in [1.807, 2.05) is 13.8 Å². The lowest BCUT2D eigenvalue weighted by molar-refractivity contribution is -0.0551. The zero-order chi connectivity index (χ0) is 10.3. The molecule has 80 valence electrons. The van der Waals surface area contributed by atoms with Gasteiger partial charge in [-0.3, -0.25) is 4.84 Å². The Balaban J connectivity index is 3.41. The average molecular weight is 191 g/mol. The van der Waals surface area contributed by atoms with Gasteiger partial charge in [-0.15, -0.1) is 0 Å². The number of rotatable bonds is 7. The van der Waals surface area contributed by atoms with Crippen molar-refractivity contribution < 1.29 is 14.7 Å². The lowest BCUT2D eigenvalue weighted by Crippen LogP contribution is -2.42. The van der Waals surface area contributed by atoms with E-state index in [1.54, 1.807) is 14.0 Å². The second-order valence-corrected chi connectivity index (χ2v) is 3.67. The first-order valence-electron chi connectivity index (χ1n) is 4.56. The van der Waals surface area contributed by atoms with Crippen molar-refractivity contribution in [1.82, 2.24) is 5.48 Å². The van der Waals surface area contributed by atoms with Gasteiger partial charge in [0, 0.05) is 13.7 Å². The van der Waals surface area contributed by atoms with Gasteiger partial charge in [-0.05, 0) is 12.8 Å². The molecule has 4 nitrogen and oxygen atoms in total. The van der Waals surface area contributed by atoms with Gasteiger partial charge in [0.1, 0.15) is 0 Å². The van der Waals surface area contributed by atoms with E-state index in [-0.39, 0.29) is 5.92 Å². The molecule has 0 saturated heterocycles. The van der Waals surface area contributed by atoms with E-state index in [2.05, 4.69) is 5.48 Å². The summed E-state index contributed by atoms with van der Waals surface area (Å²) < 4.78 is 4.79. The zero-order valence-corrected chi connectivity index (χ0v) is 8.96. The Hall–Kier alpha value is -0.160. The van der Waals surface area contributed by atoms with Crippen LogP contribution in [-0.4, -0.2) is 37.6 Å². The Bertz CT molecular complexity index is 126. The van der Waals surface area contributed by atoms with E-state index in [9.17, 15) is 5.11 Å². The molecule has 0 aliphatic rings. The van der Waals surface area contributed by atoms with Crippen molar-refractivity contribution in [2.75, 3.05) is 26.9 Å². The number of aliphatic hydroxyl groups is 1. The molecule has 0 aromatic carbocycles. The largest absolute Gasteiger partial charge is 0.388 e. The van der Waals surface area contributed by atoms with Crippen molar-refractivity contribution in [3.8, 4) is 0 Å². The molecule has 0 radical (unpaired) electrons. The quantitative estimate of drug-likeness (QED) is 0.456. The van der Waals surface area contributed by atoms with E-state index in [0.29, 0.717) is 19.8 Å². The van der Waals surface area contributed by atoms with Crippen LogP contribution in [0.5, 0.6) is 0 Å². The van der Waals surface area contributed by atoms with Gasteiger partial charge >= 0.3 is 0 Å². The fourth-order valence-electron chi connectivity index (χ4n) is 0.598. The van der Waals surface area contributed by atoms with Crippen LogP contribution in [0.4, 0.5) is 0 Å². The standard InChI is InChI=1S/C9H21NO3/c1-8(2)9(3,11)7-10-13-6-5-12-4/h8,10-11H,5-7H2,1-4H3. The molecule has 0 aromatic rings. The summed E-state index contributed by atoms with van der Waals surface area (Å²) in [6.07, 6.45) is 0. The summed E-state index contributed by atoms with van der Waals surface area (Å²) in [6.45, 7) is 7.19. The molecule has 0 amide bonds. The summed E-state index contributed by atoms with van der Waals surface area (Å²) >= 11 is 0. The van der Waals surface area contributed by atoms with E-state index >= 15 is 0 Å². The maximum Gasteiger partial charge on any atom is 0.0915 e. The fourth-order valence-corrected chi connectivity index (χ4v) is 0.598. The molecule has 0 aliphatic heterocycles. The molecular formula is C9H21NO3. The van der Waals surface area contributed by atoms with Crippen LogP contribution in [0.1, 0.15) is 20.8 Å². The molecular weight excluding hydrogens is 170 g/mol. The summed E-state index contributed by atoms with van der Waals surface area (Å²) in [4.78, 5) is 5.03. The number of hydrogen-bond donors (Lipinski definition) is 2. The highest BCUT2D eigenvalue weighted by atomic mass is 16.7. The second kappa shape index (κ2) is 6.32. The average Bonchev–Trinajstić information content (AvgIpc) is 2.03. The Morgan fingerprint density at radius 2 is 2.00 bits per heavy atom. The highest BCUT2D eigenvalue weighted by molar-refractivity contribution is 4.76. The first-order chi connectivity index (χ1) is 6.00. The van der Waals surface area contributed by atoms with E-state index in [0.717, 1.165) is 0 Å². The summed E-state index contributed by atoms with van der Waals surface area (Å²) in [5, 5.41) is 9.77. The summed E-state index contributed by atoms with van der Waals surface area (Å²) in [5.41, 5.74) is 1.98. The van der Waals surface area contributed by atoms with E-state index < -0.39 is 5.60 Å². The highest BCUT2D eigenvalue weighted by Crippen LogP contribution is 2.14. The maximum absolute atomic E-state index is 9.77. The maximum atomic E-state index is 9.77. The van der Waals surface area contributed by atoms with Crippen LogP contribution in [0.25, 0.3) is 0 Å². The molecule has 13 heavy (non-hydrogen) atoms. The molecule has 4 heteroatoms. The van der Waals surface area contributed by atoms with Gasteiger partial charge < -0.3 is 9.84 Å². The predicted molar refractivity (Wildman–Crippen MR) is 51.3 cm³/mol. The summed E-state index contributed by atoms with van der Waals surface area (Å²) in [5.74, 6) is 0.200. The van der Waals surface area contributed by atoms with Crippen molar-refractivity contribution >= 4 is 0 Å². The van der Waals surface area contributed by atoms with Gasteiger partial charge in [0.25, 0.3) is 0 Å². The van der Waals surface area contributed by atoms with Gasteiger partial charge in [0.15, 0.2) is 0 Å². The molecule has 0 bridgehead atoms. The zero-order valence-electron chi connectivity index (χ0n) is 8.96. The topological polar surface area (TPSA) is 50.7 Å². The minimum atomic E-state index is -0.729. The second-order valence-electron chi connectivity index (χ2n) is 3.67. The monoisotopic (exact) mass is 191 g/mol. The van der Waals surface area contributed by atoms with E-state index in [4.69, 9.17) is 9.57 Å². The first kappa shape index (κ1) is 12.8. The Morgan fingerprint density at radius 3 is 2.46 bits per heavy atom. The molecule has 0 aliphatic carbocycles. The van der Waals surface area contributed by atoms with Crippen LogP contribution in [0.3, 0.4) is 0 Å². The minimum Gasteiger partial charge on any atom is -0.388 e. The number of hydrogen-bond acceptors (Lipinski definition) is 4. The molecule has 1 unspecified atom stereocenters. The van der Waals surface area contributed by atoms with E-state index in [1.165, 1.54) is 0 Å². The van der Waals surface area contributed by atoms with Crippen LogP contribution in [0, 0.1) is 5.92 Å². The number of hydroxylamine groups is 1. The van der Waals surface area contributed by atoms with Gasteiger partial charge in [-0.1, -0.05) is 13.8 Å². The fraction of sp³-hybridized carbons (Fsp3) is 1.00. The third-order valence-corrected chi connectivity index (χ3v) is 2.17. The van der Waals surface area contributed by atoms with Gasteiger partial charge in [0.2, 0.25) is 0 Å². The van der Waals surface area contributed by atoms with Gasteiger partial charge in [-0.25, -0.2) is 0 Å². The van der Waals surface area contributed by atoms with Gasteiger partial charge in [0.05, 0.1) is 18.8 Å². The van der Waals surface area contributed by atoms with Crippen LogP contribution in [0.2, 0.25) is 0 Å². The van der Waals surface area contributed by atoms with Crippen LogP contribution in [-0.2, 0) is 9.57 Å². The lowest BCUT2D eigenvalue weighted by Gasteiger charge is -2.27. The third-order valence-electron chi connectivity index (χ3n) is 2.17. The van der Waals surface area contributed by atoms with Gasteiger partial charge in [-0.2, -0.15) is 5.48 Å². The number of methoxy groups -OCH3 is 1. The molecule has 0 aromatic heterocycles. The summed E-state index contributed by atoms with van der Waals surface area (Å²) in [6, 6.07) is 0. The molecule has 0 heterocycles. The van der Waals surface area contributed by atoms with Crippen LogP contribution >= 0.6 is 0 Å². The first-order valence-corrected chi connectivity index (χ1v) is 4.56. The highest BCUT2D eigenvalue weighted by Gasteiger charge is 2.24. The Morgan fingerprint density at radius 1 is 1.38 bits per heavy atom. The minimum absolute atomic E-state index is 0.200. The molecule has 2 N–H and O–H groups in total. The third kappa shape index (κ3) is 5.99. The van der Waals surface area contributed by atoms with Crippen molar-refractivity contribution in [2.45, 2.75) is 26.4 Å². The van der Waals surface area contributed by atoms with Crippen LogP contribution < -0.4 is 5.48 Å². The number of nitrogens with one attached hydrogen (secondary N) is 1. The Kier molecular flexibility index (Phi) is 6.24. The molecule has 0 spiro atoms. The van der Waals surface area contributed by atoms with Crippen molar-refractivity contribution in [3.05, 3.63) is 0 Å². The Labute approximate surface area is 80.2 Å². The molecule has 0 fully saturated rings. The summed E-state index contributed by atoms with van der Waals surface area (Å²) in [7, 11) is 1.62. The molecule has 0 rings (SSSR count). The molecule has 1 atom stereocenters. The number of ether oxygens (including phenoxy) is 1. The molecule has 0 saturated carbocycles. The smallest absolute Gasteiger partial charge is 0.0915 e. The SMILES string of the molecule is COCCONCC(C)(O)C(C)C. The van der Waals surface area contributed by atoms with Crippen molar-refractivity contribution in [2.24, 2.45) is 5.92 Å². The van der Waals surface area contributed by atoms with Crippen molar-refractivity contribution in [1.29, 1.82) is 0 Å². The van der Waals surface area contributed by atoms with Crippen molar-refractivity contribution in [3.63, 3.8) is 0 Å². The predicted octanol–water partition coefficient (Wildman–Crippen LogP) is 0.561. The van der Waals surface area contributed by atoms with Crippen LogP contribution in [0.15, 0.2) is 0 Å². The lowest BCUT2D eigenvalue weighted by atomic mass is 9.93.